The van der Waals surface area contributed by atoms with Crippen LogP contribution in [0, 0.1) is 0 Å². The SMILES string of the molecule is O=C(O)C(=O)CC(=O)N(Cc1ccc2ccccc2c1)c1cccc(C(F)(F)F)c1. The number of Topliss-reactive ketones (excluding diaryl/α,β-unsaturated/α-hetero) is 1. The Bertz CT molecular complexity index is 1120. The Hall–Kier alpha value is -3.68. The van der Waals surface area contributed by atoms with E-state index >= 15 is 0 Å². The molecule has 0 atom stereocenters. The third-order valence-corrected chi connectivity index (χ3v) is 4.49. The van der Waals surface area contributed by atoms with Gasteiger partial charge in [-0.1, -0.05) is 42.5 Å². The van der Waals surface area contributed by atoms with Crippen LogP contribution in [0.25, 0.3) is 10.8 Å². The molecule has 1 amide bonds. The van der Waals surface area contributed by atoms with Crippen molar-refractivity contribution >= 4 is 34.1 Å². The van der Waals surface area contributed by atoms with Crippen LogP contribution in [0.4, 0.5) is 18.9 Å². The van der Waals surface area contributed by atoms with Gasteiger partial charge in [0.2, 0.25) is 11.7 Å². The molecule has 8 heteroatoms. The molecule has 3 aromatic carbocycles. The van der Waals surface area contributed by atoms with E-state index in [2.05, 4.69) is 0 Å². The van der Waals surface area contributed by atoms with Crippen molar-refractivity contribution < 1.29 is 32.7 Å². The lowest BCUT2D eigenvalue weighted by Gasteiger charge is -2.24. The second kappa shape index (κ2) is 8.36. The highest BCUT2D eigenvalue weighted by atomic mass is 19.4. The van der Waals surface area contributed by atoms with Crippen molar-refractivity contribution in [3.8, 4) is 0 Å². The molecule has 5 nitrogen and oxygen atoms in total. The molecule has 1 N–H and O–H groups in total. The Morgan fingerprint density at radius 3 is 2.23 bits per heavy atom. The maximum atomic E-state index is 13.1. The summed E-state index contributed by atoms with van der Waals surface area (Å²) in [5.41, 5.74) is -0.427. The molecule has 3 rings (SSSR count). The van der Waals surface area contributed by atoms with Crippen molar-refractivity contribution in [3.05, 3.63) is 77.9 Å². The fourth-order valence-corrected chi connectivity index (χ4v) is 3.00. The van der Waals surface area contributed by atoms with Crippen molar-refractivity contribution in [1.82, 2.24) is 0 Å². The smallest absolute Gasteiger partial charge is 0.416 e. The normalized spacial score (nSPS) is 11.3. The minimum Gasteiger partial charge on any atom is -0.475 e. The lowest BCUT2D eigenvalue weighted by atomic mass is 10.1. The predicted octanol–water partition coefficient (Wildman–Crippen LogP) is 4.44. The number of benzene rings is 3. The summed E-state index contributed by atoms with van der Waals surface area (Å²) in [7, 11) is 0. The predicted molar refractivity (Wildman–Crippen MR) is 104 cm³/mol. The molecule has 0 bridgehead atoms. The highest BCUT2D eigenvalue weighted by Gasteiger charge is 2.31. The number of ketones is 1. The lowest BCUT2D eigenvalue weighted by molar-refractivity contribution is -0.150. The number of aliphatic carboxylic acids is 1. The Kier molecular flexibility index (Phi) is 5.86. The summed E-state index contributed by atoms with van der Waals surface area (Å²) in [4.78, 5) is 36.0. The zero-order valence-electron chi connectivity index (χ0n) is 15.5. The molecule has 154 valence electrons. The number of rotatable bonds is 6. The van der Waals surface area contributed by atoms with Gasteiger partial charge in [-0.15, -0.1) is 0 Å². The van der Waals surface area contributed by atoms with Crippen LogP contribution in [0.1, 0.15) is 17.5 Å². The molecule has 0 spiro atoms. The molecule has 0 radical (unpaired) electrons. The van der Waals surface area contributed by atoms with Gasteiger partial charge in [-0.25, -0.2) is 4.79 Å². The van der Waals surface area contributed by atoms with Crippen LogP contribution in [-0.4, -0.2) is 22.8 Å². The average Bonchev–Trinajstić information content (AvgIpc) is 2.71. The van der Waals surface area contributed by atoms with Gasteiger partial charge >= 0.3 is 12.1 Å². The Morgan fingerprint density at radius 2 is 1.57 bits per heavy atom. The minimum absolute atomic E-state index is 0.0822. The van der Waals surface area contributed by atoms with Crippen LogP contribution < -0.4 is 4.90 Å². The van der Waals surface area contributed by atoms with E-state index in [9.17, 15) is 27.6 Å². The number of carbonyl (C=O) groups excluding carboxylic acids is 2. The Balaban J connectivity index is 1.99. The van der Waals surface area contributed by atoms with E-state index in [4.69, 9.17) is 5.11 Å². The fraction of sp³-hybridized carbons (Fsp3) is 0.136. The van der Waals surface area contributed by atoms with E-state index in [-0.39, 0.29) is 12.2 Å². The first-order valence-electron chi connectivity index (χ1n) is 8.86. The van der Waals surface area contributed by atoms with E-state index in [0.717, 1.165) is 33.9 Å². The van der Waals surface area contributed by atoms with Gasteiger partial charge in [0, 0.05) is 5.69 Å². The number of carbonyl (C=O) groups is 3. The first-order chi connectivity index (χ1) is 14.1. The third kappa shape index (κ3) is 4.83. The van der Waals surface area contributed by atoms with Gasteiger partial charge in [-0.2, -0.15) is 13.2 Å². The molecule has 0 fully saturated rings. The van der Waals surface area contributed by atoms with Crippen LogP contribution in [0.5, 0.6) is 0 Å². The topological polar surface area (TPSA) is 74.7 Å². The van der Waals surface area contributed by atoms with Crippen LogP contribution in [0.15, 0.2) is 66.7 Å². The highest BCUT2D eigenvalue weighted by molar-refractivity contribution is 6.36. The molecular weight excluding hydrogens is 399 g/mol. The van der Waals surface area contributed by atoms with Gasteiger partial charge in [0.25, 0.3) is 0 Å². The molecule has 3 aromatic rings. The largest absolute Gasteiger partial charge is 0.475 e. The summed E-state index contributed by atoms with van der Waals surface area (Å²) in [6, 6.07) is 16.8. The van der Waals surface area contributed by atoms with E-state index < -0.39 is 35.8 Å². The Morgan fingerprint density at radius 1 is 0.867 bits per heavy atom. The minimum atomic E-state index is -4.62. The molecule has 0 aliphatic heterocycles. The Labute approximate surface area is 169 Å². The summed E-state index contributed by atoms with van der Waals surface area (Å²) in [6.45, 7) is -0.127. The number of nitrogens with zero attached hydrogens (tertiary/aromatic N) is 1. The summed E-state index contributed by atoms with van der Waals surface area (Å²) < 4.78 is 39.3. The number of carboxylic acid groups (broad SMARTS) is 1. The van der Waals surface area contributed by atoms with Gasteiger partial charge in [-0.05, 0) is 40.6 Å². The van der Waals surface area contributed by atoms with Crippen molar-refractivity contribution in [3.63, 3.8) is 0 Å². The van der Waals surface area contributed by atoms with E-state index in [1.807, 2.05) is 30.3 Å². The van der Waals surface area contributed by atoms with E-state index in [0.29, 0.717) is 5.56 Å². The summed E-state index contributed by atoms with van der Waals surface area (Å²) in [5.74, 6) is -4.02. The maximum Gasteiger partial charge on any atom is 0.416 e. The molecule has 0 unspecified atom stereocenters. The highest BCUT2D eigenvalue weighted by Crippen LogP contribution is 2.32. The standard InChI is InChI=1S/C22H16F3NO4/c23-22(24,25)17-6-3-7-18(11-17)26(20(28)12-19(27)21(29)30)13-14-8-9-15-4-1-2-5-16(15)10-14/h1-11H,12-13H2,(H,29,30). The quantitative estimate of drug-likeness (QED) is 0.477. The molecule has 0 saturated heterocycles. The van der Waals surface area contributed by atoms with Gasteiger partial charge in [0.15, 0.2) is 0 Å². The van der Waals surface area contributed by atoms with Gasteiger partial charge < -0.3 is 10.0 Å². The van der Waals surface area contributed by atoms with Gasteiger partial charge in [-0.3, -0.25) is 9.59 Å². The third-order valence-electron chi connectivity index (χ3n) is 4.49. The number of anilines is 1. The van der Waals surface area contributed by atoms with Crippen LogP contribution in [0.2, 0.25) is 0 Å². The van der Waals surface area contributed by atoms with Gasteiger partial charge in [0.05, 0.1) is 18.5 Å². The van der Waals surface area contributed by atoms with Crippen molar-refractivity contribution in [2.24, 2.45) is 0 Å². The van der Waals surface area contributed by atoms with Crippen molar-refractivity contribution in [2.75, 3.05) is 4.90 Å². The first kappa shape index (κ1) is 21.0. The number of amides is 1. The molecular formula is C22H16F3NO4. The summed E-state index contributed by atoms with van der Waals surface area (Å²) in [5, 5.41) is 10.6. The monoisotopic (exact) mass is 415 g/mol. The first-order valence-corrected chi connectivity index (χ1v) is 8.86. The number of hydrogen-bond donors (Lipinski definition) is 1. The zero-order chi connectivity index (χ0) is 21.9. The molecule has 30 heavy (non-hydrogen) atoms. The molecule has 0 aliphatic carbocycles. The number of fused-ring (bicyclic) bond motifs is 1. The number of halogens is 3. The van der Waals surface area contributed by atoms with E-state index in [1.165, 1.54) is 6.07 Å². The zero-order valence-corrected chi connectivity index (χ0v) is 15.5. The molecule has 0 aliphatic rings. The number of alkyl halides is 3. The fourth-order valence-electron chi connectivity index (χ4n) is 3.00. The maximum absolute atomic E-state index is 13.1. The van der Waals surface area contributed by atoms with Crippen LogP contribution >= 0.6 is 0 Å². The summed E-state index contributed by atoms with van der Waals surface area (Å²) in [6.07, 6.45) is -5.58. The van der Waals surface area contributed by atoms with Crippen molar-refractivity contribution in [1.29, 1.82) is 0 Å². The molecule has 0 aromatic heterocycles. The lowest BCUT2D eigenvalue weighted by Crippen LogP contribution is -2.33. The number of hydrogen-bond acceptors (Lipinski definition) is 3. The second-order valence-electron chi connectivity index (χ2n) is 6.61. The number of carboxylic acids is 1. The second-order valence-corrected chi connectivity index (χ2v) is 6.61. The van der Waals surface area contributed by atoms with Crippen LogP contribution in [0.3, 0.4) is 0 Å². The van der Waals surface area contributed by atoms with E-state index in [1.54, 1.807) is 12.1 Å². The van der Waals surface area contributed by atoms with Crippen molar-refractivity contribution in [2.45, 2.75) is 19.1 Å². The molecule has 0 heterocycles. The molecule has 0 saturated carbocycles. The summed E-state index contributed by atoms with van der Waals surface area (Å²) >= 11 is 0. The van der Waals surface area contributed by atoms with Gasteiger partial charge in [0.1, 0.15) is 0 Å². The average molecular weight is 415 g/mol. The van der Waals surface area contributed by atoms with Crippen LogP contribution in [-0.2, 0) is 27.1 Å².